The van der Waals surface area contributed by atoms with Gasteiger partial charge in [0.25, 0.3) is 0 Å². The van der Waals surface area contributed by atoms with Crippen molar-refractivity contribution in [2.45, 2.75) is 70.3 Å². The fraction of sp³-hybridized carbons (Fsp3) is 0.481. The predicted molar refractivity (Wildman–Crippen MR) is 121 cm³/mol. The van der Waals surface area contributed by atoms with Gasteiger partial charge in [0.15, 0.2) is 11.6 Å². The lowest BCUT2D eigenvalue weighted by molar-refractivity contribution is 0.0859. The molecule has 1 fully saturated rings. The summed E-state index contributed by atoms with van der Waals surface area (Å²) in [6, 6.07) is 14.0. The number of hydrogen-bond acceptors (Lipinski definition) is 4. The largest absolute Gasteiger partial charge is 0.491 e. The van der Waals surface area contributed by atoms with E-state index < -0.39 is 0 Å². The fourth-order valence-corrected chi connectivity index (χ4v) is 5.19. The molecule has 31 heavy (non-hydrogen) atoms. The Labute approximate surface area is 184 Å². The van der Waals surface area contributed by atoms with Crippen LogP contribution in [0.15, 0.2) is 42.5 Å². The molecule has 4 heteroatoms. The van der Waals surface area contributed by atoms with E-state index in [-0.39, 0.29) is 23.1 Å². The molecule has 1 atom stereocenters. The summed E-state index contributed by atoms with van der Waals surface area (Å²) in [7, 11) is 0. The van der Waals surface area contributed by atoms with Gasteiger partial charge >= 0.3 is 0 Å². The normalized spacial score (nSPS) is 25.0. The number of ketones is 2. The maximum absolute atomic E-state index is 13.3. The SMILES string of the molecule is CCC(=O)c1cc(C(=O)CC2CCC(O)CC2)cc2c1OC[C@@]2(CC)c1ccccc1. The number of carbonyl (C=O) groups excluding carboxylic acids is 2. The highest BCUT2D eigenvalue weighted by molar-refractivity contribution is 6.04. The second-order valence-corrected chi connectivity index (χ2v) is 9.07. The van der Waals surface area contributed by atoms with Crippen LogP contribution in [0.5, 0.6) is 5.75 Å². The van der Waals surface area contributed by atoms with Crippen LogP contribution in [0.3, 0.4) is 0 Å². The molecule has 1 saturated carbocycles. The van der Waals surface area contributed by atoms with E-state index in [1.807, 2.05) is 31.2 Å². The molecule has 1 aliphatic carbocycles. The van der Waals surface area contributed by atoms with Crippen molar-refractivity contribution < 1.29 is 19.4 Å². The molecule has 0 amide bonds. The smallest absolute Gasteiger partial charge is 0.166 e. The molecule has 2 aliphatic rings. The Balaban J connectivity index is 1.75. The molecular weight excluding hydrogens is 388 g/mol. The fourth-order valence-electron chi connectivity index (χ4n) is 5.19. The average molecular weight is 421 g/mol. The number of fused-ring (bicyclic) bond motifs is 1. The van der Waals surface area contributed by atoms with E-state index in [2.05, 4.69) is 19.1 Å². The van der Waals surface area contributed by atoms with Gasteiger partial charge in [0.05, 0.1) is 17.1 Å². The number of carbonyl (C=O) groups is 2. The zero-order valence-corrected chi connectivity index (χ0v) is 18.5. The van der Waals surface area contributed by atoms with Crippen molar-refractivity contribution in [3.63, 3.8) is 0 Å². The molecule has 2 aromatic carbocycles. The Morgan fingerprint density at radius 2 is 1.74 bits per heavy atom. The summed E-state index contributed by atoms with van der Waals surface area (Å²) in [6.45, 7) is 4.45. The number of rotatable bonds is 7. The van der Waals surface area contributed by atoms with Crippen molar-refractivity contribution in [3.8, 4) is 5.75 Å². The van der Waals surface area contributed by atoms with E-state index >= 15 is 0 Å². The van der Waals surface area contributed by atoms with E-state index in [9.17, 15) is 14.7 Å². The summed E-state index contributed by atoms with van der Waals surface area (Å²) < 4.78 is 6.15. The van der Waals surface area contributed by atoms with Crippen molar-refractivity contribution in [2.24, 2.45) is 5.92 Å². The molecule has 1 N–H and O–H groups in total. The summed E-state index contributed by atoms with van der Waals surface area (Å²) in [6.07, 6.45) is 4.73. The van der Waals surface area contributed by atoms with Gasteiger partial charge in [-0.25, -0.2) is 0 Å². The Bertz CT molecular complexity index is 957. The lowest BCUT2D eigenvalue weighted by Gasteiger charge is -2.28. The van der Waals surface area contributed by atoms with Crippen LogP contribution >= 0.6 is 0 Å². The minimum absolute atomic E-state index is 0.00616. The molecule has 0 saturated heterocycles. The first-order chi connectivity index (χ1) is 15.0. The standard InChI is InChI=1S/C27H32O4/c1-3-24(29)22-15-19(25(30)14-18-10-12-21(28)13-11-18)16-23-26(22)31-17-27(23,4-2)20-8-6-5-7-9-20/h5-9,15-16,18,21,28H,3-4,10-14,17H2,1-2H3/t18?,21?,27-/m0/s1. The minimum atomic E-state index is -0.357. The van der Waals surface area contributed by atoms with E-state index in [4.69, 9.17) is 4.74 Å². The molecule has 0 unspecified atom stereocenters. The number of aliphatic hydroxyl groups is 1. The number of hydrogen-bond donors (Lipinski definition) is 1. The second kappa shape index (κ2) is 8.96. The van der Waals surface area contributed by atoms with Crippen molar-refractivity contribution in [1.29, 1.82) is 0 Å². The quantitative estimate of drug-likeness (QED) is 0.602. The predicted octanol–water partition coefficient (Wildman–Crippen LogP) is 5.49. The monoisotopic (exact) mass is 420 g/mol. The highest BCUT2D eigenvalue weighted by atomic mass is 16.5. The van der Waals surface area contributed by atoms with Gasteiger partial charge in [-0.3, -0.25) is 9.59 Å². The number of benzene rings is 2. The van der Waals surface area contributed by atoms with Crippen molar-refractivity contribution >= 4 is 11.6 Å². The lowest BCUT2D eigenvalue weighted by atomic mass is 9.73. The number of ether oxygens (including phenoxy) is 1. The molecular formula is C27H32O4. The van der Waals surface area contributed by atoms with Gasteiger partial charge in [-0.15, -0.1) is 0 Å². The van der Waals surface area contributed by atoms with E-state index in [0.717, 1.165) is 43.2 Å². The van der Waals surface area contributed by atoms with Gasteiger partial charge in [0.2, 0.25) is 0 Å². The third-order valence-corrected chi connectivity index (χ3v) is 7.23. The van der Waals surface area contributed by atoms with Crippen LogP contribution in [0.4, 0.5) is 0 Å². The Morgan fingerprint density at radius 3 is 2.39 bits per heavy atom. The first-order valence-corrected chi connectivity index (χ1v) is 11.6. The summed E-state index contributed by atoms with van der Waals surface area (Å²) in [5.74, 6) is 1.04. The summed E-state index contributed by atoms with van der Waals surface area (Å²) in [5.41, 5.74) is 2.90. The van der Waals surface area contributed by atoms with Gasteiger partial charge in [-0.2, -0.15) is 0 Å². The van der Waals surface area contributed by atoms with E-state index in [0.29, 0.717) is 42.2 Å². The van der Waals surface area contributed by atoms with Gasteiger partial charge < -0.3 is 9.84 Å². The van der Waals surface area contributed by atoms with Gasteiger partial charge in [-0.1, -0.05) is 44.2 Å². The topological polar surface area (TPSA) is 63.6 Å². The van der Waals surface area contributed by atoms with Crippen LogP contribution < -0.4 is 4.74 Å². The maximum Gasteiger partial charge on any atom is 0.166 e. The third-order valence-electron chi connectivity index (χ3n) is 7.23. The Morgan fingerprint density at radius 1 is 1.03 bits per heavy atom. The van der Waals surface area contributed by atoms with Crippen molar-refractivity contribution in [1.82, 2.24) is 0 Å². The first-order valence-electron chi connectivity index (χ1n) is 11.6. The molecule has 0 aromatic heterocycles. The van der Waals surface area contributed by atoms with Gasteiger partial charge in [-0.05, 0) is 55.7 Å². The van der Waals surface area contributed by atoms with E-state index in [1.54, 1.807) is 6.07 Å². The number of Topliss-reactive ketones (excluding diaryl/α,β-unsaturated/α-hetero) is 2. The lowest BCUT2D eigenvalue weighted by Crippen LogP contribution is -2.28. The molecule has 1 heterocycles. The van der Waals surface area contributed by atoms with Crippen LogP contribution in [-0.2, 0) is 5.41 Å². The minimum Gasteiger partial charge on any atom is -0.491 e. The molecule has 4 nitrogen and oxygen atoms in total. The summed E-state index contributed by atoms with van der Waals surface area (Å²) in [5, 5.41) is 9.77. The molecule has 4 rings (SSSR count). The summed E-state index contributed by atoms with van der Waals surface area (Å²) >= 11 is 0. The number of aliphatic hydroxyl groups excluding tert-OH is 1. The van der Waals surface area contributed by atoms with Crippen LogP contribution in [0.25, 0.3) is 0 Å². The van der Waals surface area contributed by atoms with E-state index in [1.165, 1.54) is 0 Å². The van der Waals surface area contributed by atoms with Gasteiger partial charge in [0, 0.05) is 24.0 Å². The third kappa shape index (κ3) is 4.06. The van der Waals surface area contributed by atoms with Gasteiger partial charge in [0.1, 0.15) is 12.4 Å². The zero-order valence-electron chi connectivity index (χ0n) is 18.5. The first kappa shape index (κ1) is 21.8. The Kier molecular flexibility index (Phi) is 6.29. The van der Waals surface area contributed by atoms with Crippen molar-refractivity contribution in [3.05, 3.63) is 64.7 Å². The average Bonchev–Trinajstić information content (AvgIpc) is 3.19. The molecule has 0 bridgehead atoms. The molecule has 0 radical (unpaired) electrons. The second-order valence-electron chi connectivity index (χ2n) is 9.07. The molecule has 0 spiro atoms. The van der Waals surface area contributed by atoms with Crippen LogP contribution in [0.1, 0.15) is 90.6 Å². The van der Waals surface area contributed by atoms with Crippen LogP contribution in [0.2, 0.25) is 0 Å². The molecule has 1 aliphatic heterocycles. The molecule has 164 valence electrons. The highest BCUT2D eigenvalue weighted by Gasteiger charge is 2.43. The van der Waals surface area contributed by atoms with Crippen LogP contribution in [0, 0.1) is 5.92 Å². The van der Waals surface area contributed by atoms with Crippen LogP contribution in [-0.4, -0.2) is 29.4 Å². The zero-order chi connectivity index (χ0) is 22.0. The van der Waals surface area contributed by atoms with Crippen molar-refractivity contribution in [2.75, 3.05) is 6.61 Å². The highest BCUT2D eigenvalue weighted by Crippen LogP contribution is 2.48. The molecule has 2 aromatic rings. The summed E-state index contributed by atoms with van der Waals surface area (Å²) in [4.78, 5) is 26.1. The Hall–Kier alpha value is -2.46. The maximum atomic E-state index is 13.3.